The zero-order valence-corrected chi connectivity index (χ0v) is 18.4. The van der Waals surface area contributed by atoms with Crippen molar-refractivity contribution in [1.29, 1.82) is 0 Å². The molecule has 0 saturated carbocycles. The molecule has 1 atom stereocenters. The van der Waals surface area contributed by atoms with Gasteiger partial charge in [-0.15, -0.1) is 0 Å². The summed E-state index contributed by atoms with van der Waals surface area (Å²) in [5.41, 5.74) is 1.42. The van der Waals surface area contributed by atoms with Crippen molar-refractivity contribution >= 4 is 0 Å². The zero-order chi connectivity index (χ0) is 19.9. The van der Waals surface area contributed by atoms with E-state index in [1.807, 2.05) is 0 Å². The summed E-state index contributed by atoms with van der Waals surface area (Å²) in [6, 6.07) is 9.61. The van der Waals surface area contributed by atoms with Crippen molar-refractivity contribution in [3.05, 3.63) is 29.8 Å². The predicted molar refractivity (Wildman–Crippen MR) is 120 cm³/mol. The number of nitrogens with zero attached hydrogens (tertiary/aromatic N) is 4. The van der Waals surface area contributed by atoms with Crippen molar-refractivity contribution < 1.29 is 4.74 Å². The second-order valence-corrected chi connectivity index (χ2v) is 9.27. The second-order valence-electron chi connectivity index (χ2n) is 9.27. The van der Waals surface area contributed by atoms with E-state index in [0.29, 0.717) is 0 Å². The van der Waals surface area contributed by atoms with Gasteiger partial charge < -0.3 is 19.4 Å². The first kappa shape index (κ1) is 21.1. The van der Waals surface area contributed by atoms with E-state index in [4.69, 9.17) is 4.74 Å². The molecule has 162 valence electrons. The minimum absolute atomic E-state index is 0.749. The van der Waals surface area contributed by atoms with Crippen LogP contribution in [0.2, 0.25) is 0 Å². The number of rotatable bonds is 9. The van der Waals surface area contributed by atoms with Crippen LogP contribution in [0.1, 0.15) is 37.7 Å². The fourth-order valence-corrected chi connectivity index (χ4v) is 5.05. The predicted octanol–water partition coefficient (Wildman–Crippen LogP) is 2.76. The highest BCUT2D eigenvalue weighted by Gasteiger charge is 2.27. The smallest absolute Gasteiger partial charge is 0.119 e. The summed E-state index contributed by atoms with van der Waals surface area (Å²) < 4.78 is 6.00. The third-order valence-corrected chi connectivity index (χ3v) is 6.96. The highest BCUT2D eigenvalue weighted by atomic mass is 16.5. The fourth-order valence-electron chi connectivity index (χ4n) is 5.05. The van der Waals surface area contributed by atoms with E-state index in [0.717, 1.165) is 37.9 Å². The Hall–Kier alpha value is -1.14. The van der Waals surface area contributed by atoms with E-state index < -0.39 is 0 Å². The van der Waals surface area contributed by atoms with Crippen LogP contribution >= 0.6 is 0 Å². The molecular formula is C24H40N4O. The highest BCUT2D eigenvalue weighted by Crippen LogP contribution is 2.23. The standard InChI is InChI=1S/C24H40N4O/c1-25-15-17-26(18-16-25)13-5-19-29-24-9-7-22(8-10-24)20-28-14-4-6-23(28)21-27-11-2-3-12-27/h7-10,23H,2-6,11-21H2,1H3/t23-/m0/s1. The van der Waals surface area contributed by atoms with Gasteiger partial charge in [-0.2, -0.15) is 0 Å². The van der Waals surface area contributed by atoms with E-state index in [2.05, 4.69) is 50.9 Å². The molecular weight excluding hydrogens is 360 g/mol. The Balaban J connectivity index is 1.16. The number of likely N-dealkylation sites (N-methyl/N-ethyl adjacent to an activating group) is 1. The topological polar surface area (TPSA) is 22.2 Å². The molecule has 1 aromatic rings. The van der Waals surface area contributed by atoms with Gasteiger partial charge in [0.05, 0.1) is 6.61 Å². The Labute approximate surface area is 177 Å². The van der Waals surface area contributed by atoms with Crippen molar-refractivity contribution in [2.24, 2.45) is 0 Å². The van der Waals surface area contributed by atoms with E-state index in [1.165, 1.54) is 83.6 Å². The minimum atomic E-state index is 0.749. The van der Waals surface area contributed by atoms with Crippen LogP contribution < -0.4 is 4.74 Å². The summed E-state index contributed by atoms with van der Waals surface area (Å²) in [6.07, 6.45) is 6.61. The SMILES string of the molecule is CN1CCN(CCCOc2ccc(CN3CCC[C@H]3CN3CCCC3)cc2)CC1. The van der Waals surface area contributed by atoms with Crippen molar-refractivity contribution in [2.75, 3.05) is 72.6 Å². The maximum atomic E-state index is 6.00. The Morgan fingerprint density at radius 3 is 2.38 bits per heavy atom. The van der Waals surface area contributed by atoms with Gasteiger partial charge in [0, 0.05) is 51.9 Å². The lowest BCUT2D eigenvalue weighted by atomic mass is 10.1. The monoisotopic (exact) mass is 400 g/mol. The molecule has 0 aliphatic carbocycles. The van der Waals surface area contributed by atoms with Crippen LogP contribution in [0, 0.1) is 0 Å². The normalized spacial score (nSPS) is 25.1. The lowest BCUT2D eigenvalue weighted by molar-refractivity contribution is 0.145. The number of benzene rings is 1. The first-order valence-electron chi connectivity index (χ1n) is 11.9. The summed E-state index contributed by atoms with van der Waals surface area (Å²) in [4.78, 5) is 10.3. The number of ether oxygens (including phenoxy) is 1. The lowest BCUT2D eigenvalue weighted by Crippen LogP contribution is -2.44. The Morgan fingerprint density at radius 1 is 0.862 bits per heavy atom. The Kier molecular flexibility index (Phi) is 7.83. The van der Waals surface area contributed by atoms with Gasteiger partial charge in [0.2, 0.25) is 0 Å². The molecule has 0 spiro atoms. The van der Waals surface area contributed by atoms with Crippen LogP contribution in [0.25, 0.3) is 0 Å². The highest BCUT2D eigenvalue weighted by molar-refractivity contribution is 5.27. The molecule has 5 nitrogen and oxygen atoms in total. The molecule has 3 fully saturated rings. The summed E-state index contributed by atoms with van der Waals surface area (Å²) in [6.45, 7) is 13.0. The van der Waals surface area contributed by atoms with Crippen LogP contribution in [0.3, 0.4) is 0 Å². The summed E-state index contributed by atoms with van der Waals surface area (Å²) in [7, 11) is 2.21. The molecule has 0 N–H and O–H groups in total. The molecule has 5 heteroatoms. The number of hydrogen-bond donors (Lipinski definition) is 0. The van der Waals surface area contributed by atoms with E-state index in [9.17, 15) is 0 Å². The molecule has 4 rings (SSSR count). The molecule has 0 unspecified atom stereocenters. The van der Waals surface area contributed by atoms with Crippen molar-refractivity contribution in [2.45, 2.75) is 44.7 Å². The van der Waals surface area contributed by atoms with Crippen LogP contribution in [-0.4, -0.2) is 98.2 Å². The number of piperazine rings is 1. The van der Waals surface area contributed by atoms with Gasteiger partial charge in [-0.05, 0) is 76.5 Å². The van der Waals surface area contributed by atoms with Crippen LogP contribution in [-0.2, 0) is 6.54 Å². The molecule has 0 aromatic heterocycles. The van der Waals surface area contributed by atoms with Gasteiger partial charge in [-0.3, -0.25) is 4.90 Å². The molecule has 0 bridgehead atoms. The number of hydrogen-bond acceptors (Lipinski definition) is 5. The Morgan fingerprint density at radius 2 is 1.62 bits per heavy atom. The molecule has 1 aromatic carbocycles. The average molecular weight is 401 g/mol. The second kappa shape index (κ2) is 10.8. The van der Waals surface area contributed by atoms with Crippen molar-refractivity contribution in [1.82, 2.24) is 19.6 Å². The van der Waals surface area contributed by atoms with E-state index in [1.54, 1.807) is 0 Å². The van der Waals surface area contributed by atoms with E-state index in [-0.39, 0.29) is 0 Å². The molecule has 0 radical (unpaired) electrons. The molecule has 0 amide bonds. The maximum Gasteiger partial charge on any atom is 0.119 e. The largest absolute Gasteiger partial charge is 0.494 e. The molecule has 3 saturated heterocycles. The fraction of sp³-hybridized carbons (Fsp3) is 0.750. The third-order valence-electron chi connectivity index (χ3n) is 6.96. The Bertz CT molecular complexity index is 593. The van der Waals surface area contributed by atoms with Gasteiger partial charge in [-0.1, -0.05) is 12.1 Å². The lowest BCUT2D eigenvalue weighted by Gasteiger charge is -2.32. The van der Waals surface area contributed by atoms with Gasteiger partial charge >= 0.3 is 0 Å². The first-order chi connectivity index (χ1) is 14.3. The summed E-state index contributed by atoms with van der Waals surface area (Å²) >= 11 is 0. The first-order valence-corrected chi connectivity index (χ1v) is 11.9. The minimum Gasteiger partial charge on any atom is -0.494 e. The third kappa shape index (κ3) is 6.42. The van der Waals surface area contributed by atoms with Crippen molar-refractivity contribution in [3.63, 3.8) is 0 Å². The summed E-state index contributed by atoms with van der Waals surface area (Å²) in [5.74, 6) is 1.02. The van der Waals surface area contributed by atoms with Gasteiger partial charge in [-0.25, -0.2) is 0 Å². The van der Waals surface area contributed by atoms with Crippen molar-refractivity contribution in [3.8, 4) is 5.75 Å². The average Bonchev–Trinajstić information content (AvgIpc) is 3.41. The quantitative estimate of drug-likeness (QED) is 0.593. The van der Waals surface area contributed by atoms with Gasteiger partial charge in [0.25, 0.3) is 0 Å². The van der Waals surface area contributed by atoms with Gasteiger partial charge in [0.15, 0.2) is 0 Å². The number of likely N-dealkylation sites (tertiary alicyclic amines) is 2. The van der Waals surface area contributed by atoms with Gasteiger partial charge in [0.1, 0.15) is 5.75 Å². The zero-order valence-electron chi connectivity index (χ0n) is 18.4. The van der Waals surface area contributed by atoms with Crippen LogP contribution in [0.15, 0.2) is 24.3 Å². The van der Waals surface area contributed by atoms with Crippen LogP contribution in [0.4, 0.5) is 0 Å². The molecule has 3 aliphatic rings. The maximum absolute atomic E-state index is 6.00. The molecule has 3 heterocycles. The molecule has 3 aliphatic heterocycles. The molecule has 29 heavy (non-hydrogen) atoms. The van der Waals surface area contributed by atoms with E-state index >= 15 is 0 Å². The van der Waals surface area contributed by atoms with Crippen LogP contribution in [0.5, 0.6) is 5.75 Å². The summed E-state index contributed by atoms with van der Waals surface area (Å²) in [5, 5.41) is 0.